The Morgan fingerprint density at radius 1 is 1.41 bits per heavy atom. The molecule has 1 aliphatic rings. The van der Waals surface area contributed by atoms with Gasteiger partial charge in [-0.3, -0.25) is 0 Å². The fraction of sp³-hybridized carbons (Fsp3) is 1.00. The summed E-state index contributed by atoms with van der Waals surface area (Å²) in [5, 5.41) is 3.56. The van der Waals surface area contributed by atoms with E-state index >= 15 is 0 Å². The number of hydrogen-bond acceptors (Lipinski definition) is 3. The summed E-state index contributed by atoms with van der Waals surface area (Å²) in [5.74, 6) is 0. The second-order valence-electron chi connectivity index (χ2n) is 6.41. The molecule has 1 fully saturated rings. The summed E-state index contributed by atoms with van der Waals surface area (Å²) in [6, 6.07) is 1.33. The molecule has 3 nitrogen and oxygen atoms in total. The first-order valence-electron chi connectivity index (χ1n) is 6.99. The van der Waals surface area contributed by atoms with Crippen molar-refractivity contribution >= 4 is 0 Å². The third kappa shape index (κ3) is 4.23. The van der Waals surface area contributed by atoms with Crippen molar-refractivity contribution in [3.8, 4) is 0 Å². The van der Waals surface area contributed by atoms with Crippen LogP contribution >= 0.6 is 0 Å². The van der Waals surface area contributed by atoms with E-state index in [0.717, 1.165) is 12.6 Å². The van der Waals surface area contributed by atoms with Crippen molar-refractivity contribution in [2.24, 2.45) is 5.41 Å². The standard InChI is InChI=1S/C14H31N3/c1-7-15-12(2)14(3,4)11-17-9-8-13(10-17)16(5)6/h12-13,15H,7-11H2,1-6H3. The molecule has 3 heteroatoms. The van der Waals surface area contributed by atoms with E-state index in [1.807, 2.05) is 0 Å². The van der Waals surface area contributed by atoms with Gasteiger partial charge < -0.3 is 15.1 Å². The Kier molecular flexibility index (Phi) is 5.42. The van der Waals surface area contributed by atoms with Gasteiger partial charge in [-0.1, -0.05) is 20.8 Å². The van der Waals surface area contributed by atoms with Crippen molar-refractivity contribution < 1.29 is 0 Å². The minimum absolute atomic E-state index is 0.344. The molecule has 1 aliphatic heterocycles. The molecule has 0 saturated carbocycles. The summed E-state index contributed by atoms with van der Waals surface area (Å²) < 4.78 is 0. The fourth-order valence-corrected chi connectivity index (χ4v) is 2.67. The van der Waals surface area contributed by atoms with Crippen LogP contribution in [0.15, 0.2) is 0 Å². The van der Waals surface area contributed by atoms with Crippen LogP contribution in [-0.4, -0.2) is 62.2 Å². The Labute approximate surface area is 108 Å². The van der Waals surface area contributed by atoms with E-state index in [1.165, 1.54) is 26.1 Å². The maximum absolute atomic E-state index is 3.56. The molecule has 0 amide bonds. The number of nitrogens with one attached hydrogen (secondary N) is 1. The van der Waals surface area contributed by atoms with Crippen molar-refractivity contribution in [3.05, 3.63) is 0 Å². The zero-order valence-electron chi connectivity index (χ0n) is 12.6. The van der Waals surface area contributed by atoms with E-state index in [9.17, 15) is 0 Å². The van der Waals surface area contributed by atoms with Gasteiger partial charge in [0, 0.05) is 25.2 Å². The van der Waals surface area contributed by atoms with Crippen LogP contribution in [0, 0.1) is 5.41 Å². The predicted octanol–water partition coefficient (Wildman–Crippen LogP) is 1.65. The Balaban J connectivity index is 2.43. The van der Waals surface area contributed by atoms with Gasteiger partial charge in [0.05, 0.1) is 0 Å². The molecule has 102 valence electrons. The zero-order chi connectivity index (χ0) is 13.1. The van der Waals surface area contributed by atoms with E-state index in [0.29, 0.717) is 11.5 Å². The van der Waals surface area contributed by atoms with Crippen molar-refractivity contribution in [2.45, 2.75) is 46.2 Å². The SMILES string of the molecule is CCNC(C)C(C)(C)CN1CCC(N(C)C)C1. The molecule has 1 rings (SSSR count). The highest BCUT2D eigenvalue weighted by Crippen LogP contribution is 2.25. The van der Waals surface area contributed by atoms with Gasteiger partial charge in [-0.25, -0.2) is 0 Å². The van der Waals surface area contributed by atoms with Gasteiger partial charge in [0.15, 0.2) is 0 Å². The molecule has 0 bridgehead atoms. The Hall–Kier alpha value is -0.120. The van der Waals surface area contributed by atoms with Crippen molar-refractivity contribution in [2.75, 3.05) is 40.3 Å². The molecule has 2 unspecified atom stereocenters. The summed E-state index contributed by atoms with van der Waals surface area (Å²) in [6.07, 6.45) is 1.32. The van der Waals surface area contributed by atoms with Crippen LogP contribution in [0.25, 0.3) is 0 Å². The number of hydrogen-bond donors (Lipinski definition) is 1. The highest BCUT2D eigenvalue weighted by molar-refractivity contribution is 4.88. The first kappa shape index (κ1) is 14.9. The molecule has 17 heavy (non-hydrogen) atoms. The molecule has 0 aromatic carbocycles. The minimum Gasteiger partial charge on any atom is -0.314 e. The number of likely N-dealkylation sites (tertiary alicyclic amines) is 1. The lowest BCUT2D eigenvalue weighted by Gasteiger charge is -2.36. The monoisotopic (exact) mass is 241 g/mol. The number of nitrogens with zero attached hydrogens (tertiary/aromatic N) is 2. The largest absolute Gasteiger partial charge is 0.314 e. The molecule has 1 heterocycles. The van der Waals surface area contributed by atoms with Crippen LogP contribution in [0.3, 0.4) is 0 Å². The summed E-state index contributed by atoms with van der Waals surface area (Å²) >= 11 is 0. The first-order valence-corrected chi connectivity index (χ1v) is 6.99. The molecular weight excluding hydrogens is 210 g/mol. The van der Waals surface area contributed by atoms with Crippen LogP contribution in [0.1, 0.15) is 34.1 Å². The normalized spacial score (nSPS) is 24.5. The van der Waals surface area contributed by atoms with E-state index in [1.54, 1.807) is 0 Å². The lowest BCUT2D eigenvalue weighted by molar-refractivity contribution is 0.157. The lowest BCUT2D eigenvalue weighted by Crippen LogP contribution is -2.46. The van der Waals surface area contributed by atoms with Crippen LogP contribution in [0.5, 0.6) is 0 Å². The van der Waals surface area contributed by atoms with Gasteiger partial charge in [0.1, 0.15) is 0 Å². The Morgan fingerprint density at radius 3 is 2.53 bits per heavy atom. The zero-order valence-corrected chi connectivity index (χ0v) is 12.6. The molecule has 0 aromatic rings. The van der Waals surface area contributed by atoms with E-state index in [4.69, 9.17) is 0 Å². The predicted molar refractivity (Wildman–Crippen MR) is 75.5 cm³/mol. The average Bonchev–Trinajstić information content (AvgIpc) is 2.66. The Morgan fingerprint density at radius 2 is 2.06 bits per heavy atom. The summed E-state index contributed by atoms with van der Waals surface area (Å²) in [6.45, 7) is 14.0. The van der Waals surface area contributed by atoms with Gasteiger partial charge in [-0.05, 0) is 45.9 Å². The van der Waals surface area contributed by atoms with Crippen LogP contribution in [-0.2, 0) is 0 Å². The van der Waals surface area contributed by atoms with Crippen LogP contribution in [0.4, 0.5) is 0 Å². The van der Waals surface area contributed by atoms with Gasteiger partial charge in [-0.15, -0.1) is 0 Å². The minimum atomic E-state index is 0.344. The third-order valence-electron chi connectivity index (χ3n) is 4.29. The number of rotatable bonds is 6. The average molecular weight is 241 g/mol. The maximum atomic E-state index is 3.56. The summed E-state index contributed by atoms with van der Waals surface area (Å²) in [4.78, 5) is 4.99. The summed E-state index contributed by atoms with van der Waals surface area (Å²) in [5.41, 5.74) is 0.344. The van der Waals surface area contributed by atoms with Gasteiger partial charge in [-0.2, -0.15) is 0 Å². The Bertz CT molecular complexity index is 226. The topological polar surface area (TPSA) is 18.5 Å². The van der Waals surface area contributed by atoms with Gasteiger partial charge in [0.2, 0.25) is 0 Å². The molecule has 2 atom stereocenters. The number of likely N-dealkylation sites (N-methyl/N-ethyl adjacent to an activating group) is 1. The van der Waals surface area contributed by atoms with Crippen molar-refractivity contribution in [3.63, 3.8) is 0 Å². The highest BCUT2D eigenvalue weighted by Gasteiger charge is 2.31. The quantitative estimate of drug-likeness (QED) is 0.763. The van der Waals surface area contributed by atoms with Crippen molar-refractivity contribution in [1.82, 2.24) is 15.1 Å². The molecule has 0 aliphatic carbocycles. The second kappa shape index (κ2) is 6.17. The van der Waals surface area contributed by atoms with E-state index in [2.05, 4.69) is 56.9 Å². The molecule has 0 radical (unpaired) electrons. The lowest BCUT2D eigenvalue weighted by atomic mass is 9.85. The molecule has 1 N–H and O–H groups in total. The molecule has 0 aromatic heterocycles. The summed E-state index contributed by atoms with van der Waals surface area (Å²) in [7, 11) is 4.39. The van der Waals surface area contributed by atoms with Crippen LogP contribution < -0.4 is 5.32 Å². The maximum Gasteiger partial charge on any atom is 0.0229 e. The van der Waals surface area contributed by atoms with Gasteiger partial charge >= 0.3 is 0 Å². The van der Waals surface area contributed by atoms with E-state index in [-0.39, 0.29) is 0 Å². The molecule has 1 saturated heterocycles. The fourth-order valence-electron chi connectivity index (χ4n) is 2.67. The third-order valence-corrected chi connectivity index (χ3v) is 4.29. The van der Waals surface area contributed by atoms with Gasteiger partial charge in [0.25, 0.3) is 0 Å². The second-order valence-corrected chi connectivity index (χ2v) is 6.41. The van der Waals surface area contributed by atoms with Crippen molar-refractivity contribution in [1.29, 1.82) is 0 Å². The van der Waals surface area contributed by atoms with Crippen LogP contribution in [0.2, 0.25) is 0 Å². The first-order chi connectivity index (χ1) is 7.86. The molecule has 0 spiro atoms. The van der Waals surface area contributed by atoms with E-state index < -0.39 is 0 Å². The molecular formula is C14H31N3. The smallest absolute Gasteiger partial charge is 0.0229 e. The highest BCUT2D eigenvalue weighted by atomic mass is 15.2.